The van der Waals surface area contributed by atoms with Gasteiger partial charge in [-0.1, -0.05) is 17.7 Å². The van der Waals surface area contributed by atoms with E-state index in [-0.39, 0.29) is 18.0 Å². The fraction of sp³-hybridized carbons (Fsp3) is 0.417. The SMILES string of the molecule is O=C(O)CC1CSCCN1S(=O)(=O)c1cccc(Cl)c1F. The summed E-state index contributed by atoms with van der Waals surface area (Å²) < 4.78 is 40.2. The van der Waals surface area contributed by atoms with Gasteiger partial charge in [-0.15, -0.1) is 0 Å². The number of carbonyl (C=O) groups is 1. The van der Waals surface area contributed by atoms with Gasteiger partial charge in [0.25, 0.3) is 0 Å². The van der Waals surface area contributed by atoms with E-state index in [2.05, 4.69) is 0 Å². The van der Waals surface area contributed by atoms with Crippen LogP contribution in [0.4, 0.5) is 4.39 Å². The molecule has 1 aliphatic heterocycles. The Balaban J connectivity index is 2.40. The van der Waals surface area contributed by atoms with Crippen molar-refractivity contribution in [3.63, 3.8) is 0 Å². The molecule has 116 valence electrons. The van der Waals surface area contributed by atoms with Crippen molar-refractivity contribution in [1.82, 2.24) is 4.31 Å². The predicted molar refractivity (Wildman–Crippen MR) is 78.7 cm³/mol. The van der Waals surface area contributed by atoms with Gasteiger partial charge >= 0.3 is 5.97 Å². The highest BCUT2D eigenvalue weighted by Gasteiger charge is 2.36. The van der Waals surface area contributed by atoms with Crippen molar-refractivity contribution in [2.75, 3.05) is 18.1 Å². The average Bonchev–Trinajstić information content (AvgIpc) is 2.41. The van der Waals surface area contributed by atoms with Gasteiger partial charge in [-0.25, -0.2) is 12.8 Å². The van der Waals surface area contributed by atoms with Crippen LogP contribution in [0.1, 0.15) is 6.42 Å². The van der Waals surface area contributed by atoms with Gasteiger partial charge in [0.2, 0.25) is 10.0 Å². The van der Waals surface area contributed by atoms with Crippen LogP contribution in [-0.2, 0) is 14.8 Å². The van der Waals surface area contributed by atoms with Crippen LogP contribution in [0.15, 0.2) is 23.1 Å². The Labute approximate surface area is 131 Å². The first-order valence-electron chi connectivity index (χ1n) is 6.09. The molecule has 2 rings (SSSR count). The first-order chi connectivity index (χ1) is 9.84. The quantitative estimate of drug-likeness (QED) is 0.896. The first-order valence-corrected chi connectivity index (χ1v) is 9.06. The number of carboxylic acid groups (broad SMARTS) is 1. The molecule has 0 spiro atoms. The average molecular weight is 354 g/mol. The highest BCUT2D eigenvalue weighted by atomic mass is 35.5. The second-order valence-corrected chi connectivity index (χ2v) is 7.91. The molecule has 1 aromatic rings. The van der Waals surface area contributed by atoms with Crippen molar-refractivity contribution in [1.29, 1.82) is 0 Å². The predicted octanol–water partition coefficient (Wildman–Crippen LogP) is 2.06. The minimum absolute atomic E-state index is 0.150. The summed E-state index contributed by atoms with van der Waals surface area (Å²) in [6.07, 6.45) is -0.311. The highest BCUT2D eigenvalue weighted by Crippen LogP contribution is 2.29. The third-order valence-electron chi connectivity index (χ3n) is 3.09. The lowest BCUT2D eigenvalue weighted by atomic mass is 10.2. The van der Waals surface area contributed by atoms with E-state index in [0.29, 0.717) is 11.5 Å². The van der Waals surface area contributed by atoms with Crippen molar-refractivity contribution >= 4 is 39.4 Å². The summed E-state index contributed by atoms with van der Waals surface area (Å²) in [6, 6.07) is 3.06. The molecule has 9 heteroatoms. The van der Waals surface area contributed by atoms with Crippen molar-refractivity contribution < 1.29 is 22.7 Å². The molecular weight excluding hydrogens is 341 g/mol. The van der Waals surface area contributed by atoms with E-state index < -0.39 is 32.7 Å². The Hall–Kier alpha value is -0.830. The van der Waals surface area contributed by atoms with Crippen molar-refractivity contribution in [3.8, 4) is 0 Å². The van der Waals surface area contributed by atoms with Crippen LogP contribution in [0.25, 0.3) is 0 Å². The van der Waals surface area contributed by atoms with Crippen LogP contribution in [0.2, 0.25) is 5.02 Å². The third kappa shape index (κ3) is 3.50. The Morgan fingerprint density at radius 3 is 2.90 bits per heavy atom. The lowest BCUT2D eigenvalue weighted by Crippen LogP contribution is -2.47. The van der Waals surface area contributed by atoms with E-state index in [4.69, 9.17) is 16.7 Å². The number of rotatable bonds is 4. The molecule has 1 unspecified atom stereocenters. The minimum atomic E-state index is -4.11. The fourth-order valence-corrected chi connectivity index (χ4v) is 5.34. The largest absolute Gasteiger partial charge is 0.481 e. The van der Waals surface area contributed by atoms with Gasteiger partial charge in [0, 0.05) is 24.1 Å². The first kappa shape index (κ1) is 16.5. The van der Waals surface area contributed by atoms with Crippen molar-refractivity contribution in [2.45, 2.75) is 17.4 Å². The van der Waals surface area contributed by atoms with Crippen LogP contribution in [0, 0.1) is 5.82 Å². The number of hydrogen-bond acceptors (Lipinski definition) is 4. The molecule has 1 heterocycles. The van der Waals surface area contributed by atoms with Crippen LogP contribution < -0.4 is 0 Å². The van der Waals surface area contributed by atoms with E-state index in [1.165, 1.54) is 23.9 Å². The molecule has 1 atom stereocenters. The number of nitrogens with zero attached hydrogens (tertiary/aromatic N) is 1. The van der Waals surface area contributed by atoms with Gasteiger partial charge in [0.05, 0.1) is 11.4 Å². The molecule has 5 nitrogen and oxygen atoms in total. The topological polar surface area (TPSA) is 74.7 Å². The van der Waals surface area contributed by atoms with E-state index in [0.717, 1.165) is 10.4 Å². The molecule has 0 aromatic heterocycles. The lowest BCUT2D eigenvalue weighted by Gasteiger charge is -2.33. The zero-order chi connectivity index (χ0) is 15.6. The molecule has 1 aromatic carbocycles. The lowest BCUT2D eigenvalue weighted by molar-refractivity contribution is -0.137. The summed E-state index contributed by atoms with van der Waals surface area (Å²) in [5, 5.41) is 8.61. The summed E-state index contributed by atoms with van der Waals surface area (Å²) in [6.45, 7) is 0.150. The molecule has 0 bridgehead atoms. The van der Waals surface area contributed by atoms with Crippen LogP contribution in [-0.4, -0.2) is 47.9 Å². The zero-order valence-electron chi connectivity index (χ0n) is 10.8. The molecule has 21 heavy (non-hydrogen) atoms. The Morgan fingerprint density at radius 1 is 1.52 bits per heavy atom. The molecule has 0 saturated carbocycles. The van der Waals surface area contributed by atoms with Crippen molar-refractivity contribution in [2.24, 2.45) is 0 Å². The monoisotopic (exact) mass is 353 g/mol. The molecule has 1 saturated heterocycles. The Morgan fingerprint density at radius 2 is 2.24 bits per heavy atom. The molecule has 1 N–H and O–H groups in total. The Kier molecular flexibility index (Phi) is 5.13. The maximum absolute atomic E-state index is 14.0. The third-order valence-corrected chi connectivity index (χ3v) is 6.44. The van der Waals surface area contributed by atoms with Gasteiger partial charge in [-0.05, 0) is 12.1 Å². The number of hydrogen-bond donors (Lipinski definition) is 1. The van der Waals surface area contributed by atoms with Gasteiger partial charge in [0.1, 0.15) is 4.90 Å². The van der Waals surface area contributed by atoms with Gasteiger partial charge in [-0.3, -0.25) is 4.79 Å². The number of aliphatic carboxylic acids is 1. The second kappa shape index (κ2) is 6.51. The van der Waals surface area contributed by atoms with Crippen LogP contribution >= 0.6 is 23.4 Å². The number of sulfonamides is 1. The fourth-order valence-electron chi connectivity index (χ4n) is 2.13. The van der Waals surface area contributed by atoms with E-state index >= 15 is 0 Å². The normalized spacial score (nSPS) is 20.4. The van der Waals surface area contributed by atoms with Gasteiger partial charge < -0.3 is 5.11 Å². The standard InChI is InChI=1S/C12H13ClFNO4S2/c13-9-2-1-3-10(12(9)14)21(18,19)15-4-5-20-7-8(15)6-11(16)17/h1-3,8H,4-7H2,(H,16,17). The summed E-state index contributed by atoms with van der Waals surface area (Å²) in [5.41, 5.74) is 0. The number of carboxylic acids is 1. The zero-order valence-corrected chi connectivity index (χ0v) is 13.2. The summed E-state index contributed by atoms with van der Waals surface area (Å²) in [4.78, 5) is 10.4. The maximum Gasteiger partial charge on any atom is 0.305 e. The Bertz CT molecular complexity index is 653. The molecular formula is C12H13ClFNO4S2. The van der Waals surface area contributed by atoms with E-state index in [1.807, 2.05) is 0 Å². The van der Waals surface area contributed by atoms with E-state index in [1.54, 1.807) is 0 Å². The number of benzene rings is 1. The summed E-state index contributed by atoms with van der Waals surface area (Å²) >= 11 is 7.10. The minimum Gasteiger partial charge on any atom is -0.481 e. The smallest absolute Gasteiger partial charge is 0.305 e. The molecule has 0 aliphatic carbocycles. The van der Waals surface area contributed by atoms with Gasteiger partial charge in [-0.2, -0.15) is 16.1 Å². The van der Waals surface area contributed by atoms with Gasteiger partial charge in [0.15, 0.2) is 5.82 Å². The molecule has 0 amide bonds. The van der Waals surface area contributed by atoms with Crippen LogP contribution in [0.3, 0.4) is 0 Å². The summed E-state index contributed by atoms with van der Waals surface area (Å²) in [5.74, 6) is -1.19. The van der Waals surface area contributed by atoms with Crippen molar-refractivity contribution in [3.05, 3.63) is 29.0 Å². The second-order valence-electron chi connectivity index (χ2n) is 4.49. The number of thioether (sulfide) groups is 1. The van der Waals surface area contributed by atoms with E-state index in [9.17, 15) is 17.6 Å². The molecule has 1 fully saturated rings. The molecule has 0 radical (unpaired) electrons. The summed E-state index contributed by atoms with van der Waals surface area (Å²) in [7, 11) is -4.11. The van der Waals surface area contributed by atoms with Crippen LogP contribution in [0.5, 0.6) is 0 Å². The highest BCUT2D eigenvalue weighted by molar-refractivity contribution is 7.99. The number of halogens is 2. The molecule has 1 aliphatic rings. The maximum atomic E-state index is 14.0.